The van der Waals surface area contributed by atoms with Crippen LogP contribution in [0.4, 0.5) is 11.4 Å². The maximum atomic E-state index is 11.8. The second-order valence-electron chi connectivity index (χ2n) is 9.10. The van der Waals surface area contributed by atoms with Crippen LogP contribution in [0.2, 0.25) is 0 Å². The zero-order valence-electron chi connectivity index (χ0n) is 21.3. The number of hydrogen-bond donors (Lipinski definition) is 2. The van der Waals surface area contributed by atoms with Gasteiger partial charge in [-0.2, -0.15) is 0 Å². The van der Waals surface area contributed by atoms with E-state index in [1.807, 2.05) is 80.7 Å². The maximum absolute atomic E-state index is 11.8. The molecule has 38 heavy (non-hydrogen) atoms. The lowest BCUT2D eigenvalue weighted by Crippen LogP contribution is -2.30. The van der Waals surface area contributed by atoms with Gasteiger partial charge in [0.25, 0.3) is 0 Å². The Morgan fingerprint density at radius 3 is 2.47 bits per heavy atom. The summed E-state index contributed by atoms with van der Waals surface area (Å²) in [5, 5.41) is 4.05. The molecule has 0 saturated carbocycles. The zero-order chi connectivity index (χ0) is 26.9. The van der Waals surface area contributed by atoms with Crippen molar-refractivity contribution in [3.63, 3.8) is 0 Å². The molecule has 1 aliphatic rings. The van der Waals surface area contributed by atoms with Crippen LogP contribution < -0.4 is 19.7 Å². The van der Waals surface area contributed by atoms with Crippen LogP contribution in [0, 0.1) is 6.92 Å². The number of thiocarbonyl (C=S) groups is 1. The molecule has 0 spiro atoms. The first-order valence-electron chi connectivity index (χ1n) is 12.2. The average Bonchev–Trinajstić information content (AvgIpc) is 3.50. The molecule has 8 nitrogen and oxygen atoms in total. The third-order valence-electron chi connectivity index (χ3n) is 6.39. The van der Waals surface area contributed by atoms with E-state index in [0.717, 1.165) is 40.3 Å². The van der Waals surface area contributed by atoms with E-state index in [-0.39, 0.29) is 12.1 Å². The van der Waals surface area contributed by atoms with Gasteiger partial charge in [-0.3, -0.25) is 9.71 Å². The molecule has 1 fully saturated rings. The van der Waals surface area contributed by atoms with Crippen LogP contribution in [0.3, 0.4) is 0 Å². The number of rotatable bonds is 8. The molecule has 0 radical (unpaired) electrons. The predicted octanol–water partition coefficient (Wildman–Crippen LogP) is 5.13. The van der Waals surface area contributed by atoms with Gasteiger partial charge in [0.05, 0.1) is 30.3 Å². The minimum atomic E-state index is -3.40. The van der Waals surface area contributed by atoms with Crippen LogP contribution in [-0.4, -0.2) is 35.9 Å². The zero-order valence-corrected chi connectivity index (χ0v) is 23.0. The van der Waals surface area contributed by atoms with Crippen molar-refractivity contribution >= 4 is 38.7 Å². The van der Waals surface area contributed by atoms with E-state index < -0.39 is 10.0 Å². The minimum Gasteiger partial charge on any atom is -0.494 e. The molecule has 5 rings (SSSR count). The largest absolute Gasteiger partial charge is 0.494 e. The molecule has 2 N–H and O–H groups in total. The van der Waals surface area contributed by atoms with Crippen molar-refractivity contribution in [2.45, 2.75) is 25.9 Å². The predicted molar refractivity (Wildman–Crippen MR) is 155 cm³/mol. The molecule has 196 valence electrons. The van der Waals surface area contributed by atoms with E-state index in [1.165, 1.54) is 0 Å². The highest BCUT2D eigenvalue weighted by Gasteiger charge is 2.42. The summed E-state index contributed by atoms with van der Waals surface area (Å²) in [6, 6.07) is 23.1. The van der Waals surface area contributed by atoms with Crippen molar-refractivity contribution in [1.82, 2.24) is 14.9 Å². The molecule has 0 unspecified atom stereocenters. The summed E-state index contributed by atoms with van der Waals surface area (Å²) in [4.78, 5) is 6.71. The number of ether oxygens (including phenoxy) is 1. The Bertz CT molecular complexity index is 1550. The second-order valence-corrected chi connectivity index (χ2v) is 11.2. The molecular formula is C28H29N5O3S2. The number of hydrogen-bond acceptors (Lipinski definition) is 5. The van der Waals surface area contributed by atoms with Gasteiger partial charge < -0.3 is 19.5 Å². The normalized spacial score (nSPS) is 17.3. The van der Waals surface area contributed by atoms with Gasteiger partial charge in [-0.05, 0) is 98.4 Å². The standard InChI is InChI=1S/C28H29N5O3S2/c1-4-36-22-13-10-20(11-14-22)32-17-7-9-25(32)27-26(24-8-5-6-16-29-24)30-28(37)33(27)21-12-15-23(19(2)18-21)31-38(3,34)35/h5-18,26-27,31H,4H2,1-3H3,(H,30,37)/t26-,27+/m0/s1. The number of anilines is 2. The Balaban J connectivity index is 1.60. The highest BCUT2D eigenvalue weighted by atomic mass is 32.2. The van der Waals surface area contributed by atoms with Crippen molar-refractivity contribution in [3.8, 4) is 11.4 Å². The molecule has 3 heterocycles. The van der Waals surface area contributed by atoms with Crippen molar-refractivity contribution < 1.29 is 13.2 Å². The molecule has 1 aliphatic heterocycles. The van der Waals surface area contributed by atoms with Crippen LogP contribution in [-0.2, 0) is 10.0 Å². The quantitative estimate of drug-likeness (QED) is 0.296. The summed E-state index contributed by atoms with van der Waals surface area (Å²) in [5.74, 6) is 0.819. The van der Waals surface area contributed by atoms with Gasteiger partial charge in [-0.1, -0.05) is 6.07 Å². The van der Waals surface area contributed by atoms with E-state index in [9.17, 15) is 8.42 Å². The Labute approximate surface area is 228 Å². The summed E-state index contributed by atoms with van der Waals surface area (Å²) < 4.78 is 34.0. The number of benzene rings is 2. The fourth-order valence-electron chi connectivity index (χ4n) is 4.79. The molecule has 1 saturated heterocycles. The van der Waals surface area contributed by atoms with Crippen molar-refractivity contribution in [2.75, 3.05) is 22.5 Å². The first kappa shape index (κ1) is 25.7. The molecule has 2 atom stereocenters. The van der Waals surface area contributed by atoms with Crippen molar-refractivity contribution in [2.24, 2.45) is 0 Å². The van der Waals surface area contributed by atoms with Gasteiger partial charge in [-0.15, -0.1) is 0 Å². The van der Waals surface area contributed by atoms with E-state index in [2.05, 4.69) is 30.6 Å². The fraction of sp³-hybridized carbons (Fsp3) is 0.214. The van der Waals surface area contributed by atoms with Crippen LogP contribution in [0.5, 0.6) is 5.75 Å². The fourth-order valence-corrected chi connectivity index (χ4v) is 5.76. The van der Waals surface area contributed by atoms with Crippen LogP contribution in [0.1, 0.15) is 36.0 Å². The first-order valence-corrected chi connectivity index (χ1v) is 14.5. The number of aryl methyl sites for hydroxylation is 1. The summed E-state index contributed by atoms with van der Waals surface area (Å²) in [7, 11) is -3.40. The number of nitrogens with zero attached hydrogens (tertiary/aromatic N) is 3. The number of aromatic nitrogens is 2. The Kier molecular flexibility index (Phi) is 7.09. The second kappa shape index (κ2) is 10.5. The van der Waals surface area contributed by atoms with Crippen LogP contribution in [0.15, 0.2) is 85.2 Å². The average molecular weight is 548 g/mol. The monoisotopic (exact) mass is 547 g/mol. The molecule has 0 amide bonds. The molecule has 0 bridgehead atoms. The van der Waals surface area contributed by atoms with E-state index in [4.69, 9.17) is 17.0 Å². The van der Waals surface area contributed by atoms with Crippen LogP contribution >= 0.6 is 12.2 Å². The third-order valence-corrected chi connectivity index (χ3v) is 7.30. The lowest BCUT2D eigenvalue weighted by molar-refractivity contribution is 0.340. The van der Waals surface area contributed by atoms with E-state index >= 15 is 0 Å². The highest BCUT2D eigenvalue weighted by Crippen LogP contribution is 2.43. The SMILES string of the molecule is CCOc1ccc(-n2cccc2[C@@H]2[C@H](c3ccccn3)NC(=S)N2c2ccc(NS(C)(=O)=O)c(C)c2)cc1. The van der Waals surface area contributed by atoms with Gasteiger partial charge in [0.2, 0.25) is 10.0 Å². The Morgan fingerprint density at radius 2 is 1.82 bits per heavy atom. The minimum absolute atomic E-state index is 0.214. The molecule has 4 aromatic rings. The van der Waals surface area contributed by atoms with Crippen LogP contribution in [0.25, 0.3) is 5.69 Å². The van der Waals surface area contributed by atoms with Crippen molar-refractivity contribution in [3.05, 3.63) is 102 Å². The smallest absolute Gasteiger partial charge is 0.229 e. The molecular weight excluding hydrogens is 518 g/mol. The summed E-state index contributed by atoms with van der Waals surface area (Å²) >= 11 is 5.87. The molecule has 2 aromatic carbocycles. The lowest BCUT2D eigenvalue weighted by atomic mass is 10.0. The van der Waals surface area contributed by atoms with Gasteiger partial charge in [-0.25, -0.2) is 8.42 Å². The van der Waals surface area contributed by atoms with Crippen molar-refractivity contribution in [1.29, 1.82) is 0 Å². The number of pyridine rings is 1. The lowest BCUT2D eigenvalue weighted by Gasteiger charge is -2.29. The Morgan fingerprint density at radius 1 is 1.05 bits per heavy atom. The molecule has 10 heteroatoms. The number of sulfonamides is 1. The number of nitrogens with one attached hydrogen (secondary N) is 2. The third kappa shape index (κ3) is 5.23. The van der Waals surface area contributed by atoms with Gasteiger partial charge >= 0.3 is 0 Å². The first-order chi connectivity index (χ1) is 18.2. The molecule has 2 aromatic heterocycles. The summed E-state index contributed by atoms with van der Waals surface area (Å²) in [5.41, 5.74) is 5.06. The van der Waals surface area contributed by atoms with Gasteiger partial charge in [0.1, 0.15) is 11.8 Å². The molecule has 0 aliphatic carbocycles. The summed E-state index contributed by atoms with van der Waals surface area (Å²) in [6.45, 7) is 4.45. The van der Waals surface area contributed by atoms with E-state index in [0.29, 0.717) is 17.4 Å². The van der Waals surface area contributed by atoms with Gasteiger partial charge in [0, 0.05) is 29.5 Å². The summed E-state index contributed by atoms with van der Waals surface area (Å²) in [6.07, 6.45) is 4.95. The van der Waals surface area contributed by atoms with E-state index in [1.54, 1.807) is 12.3 Å². The highest BCUT2D eigenvalue weighted by molar-refractivity contribution is 7.92. The Hall–Kier alpha value is -3.89. The van der Waals surface area contributed by atoms with Gasteiger partial charge in [0.15, 0.2) is 5.11 Å². The maximum Gasteiger partial charge on any atom is 0.229 e. The topological polar surface area (TPSA) is 88.5 Å².